The van der Waals surface area contributed by atoms with Crippen molar-refractivity contribution in [3.63, 3.8) is 0 Å². The van der Waals surface area contributed by atoms with Crippen molar-refractivity contribution in [2.24, 2.45) is 5.14 Å². The Morgan fingerprint density at radius 3 is 2.48 bits per heavy atom. The summed E-state index contributed by atoms with van der Waals surface area (Å²) in [7, 11) is -3.74. The first-order valence-electron chi connectivity index (χ1n) is 8.79. The number of pyridine rings is 1. The number of hydrogen-bond donors (Lipinski definition) is 2. The van der Waals surface area contributed by atoms with Crippen molar-refractivity contribution in [2.75, 3.05) is 5.32 Å². The lowest BCUT2D eigenvalue weighted by Gasteiger charge is -2.09. The summed E-state index contributed by atoms with van der Waals surface area (Å²) in [4.78, 5) is 12.5. The third kappa shape index (κ3) is 6.19. The molecule has 10 heteroatoms. The van der Waals surface area contributed by atoms with Crippen LogP contribution in [0.25, 0.3) is 0 Å². The summed E-state index contributed by atoms with van der Waals surface area (Å²) in [6.07, 6.45) is 5.93. The number of halogens is 1. The largest absolute Gasteiger partial charge is 0.436 e. The standard InChI is InChI=1S/C19H20FN5O3S/c1-2-13-9-23-19(24-10-13)25-11-14-5-6-22-18(8-14)28-17-4-3-15(7-16(17)20)12-29(21,26)27/h3-10H,2,11-12H2,1H3,(H2,21,26,27)(H,23,24,25). The molecule has 0 aliphatic carbocycles. The summed E-state index contributed by atoms with van der Waals surface area (Å²) in [6.45, 7) is 2.46. The number of aryl methyl sites for hydroxylation is 1. The number of nitrogens with one attached hydrogen (secondary N) is 1. The van der Waals surface area contributed by atoms with E-state index in [0.717, 1.165) is 23.6 Å². The Hall–Kier alpha value is -3.11. The second kappa shape index (κ2) is 8.93. The summed E-state index contributed by atoms with van der Waals surface area (Å²) in [6, 6.07) is 7.29. The molecule has 3 aromatic rings. The van der Waals surface area contributed by atoms with Crippen molar-refractivity contribution >= 4 is 16.0 Å². The van der Waals surface area contributed by atoms with Gasteiger partial charge in [-0.25, -0.2) is 32.9 Å². The lowest BCUT2D eigenvalue weighted by Crippen LogP contribution is -2.14. The van der Waals surface area contributed by atoms with Crippen molar-refractivity contribution in [2.45, 2.75) is 25.6 Å². The number of hydrogen-bond acceptors (Lipinski definition) is 7. The maximum atomic E-state index is 14.2. The predicted molar refractivity (Wildman–Crippen MR) is 106 cm³/mol. The van der Waals surface area contributed by atoms with Crippen LogP contribution in [-0.2, 0) is 28.7 Å². The molecule has 0 atom stereocenters. The summed E-state index contributed by atoms with van der Waals surface area (Å²) < 4.78 is 42.0. The average Bonchev–Trinajstić information content (AvgIpc) is 2.68. The Kier molecular flexibility index (Phi) is 6.35. The van der Waals surface area contributed by atoms with E-state index in [1.807, 2.05) is 6.92 Å². The fraction of sp³-hybridized carbons (Fsp3) is 0.211. The Morgan fingerprint density at radius 1 is 1.07 bits per heavy atom. The summed E-state index contributed by atoms with van der Waals surface area (Å²) in [5, 5.41) is 8.07. The van der Waals surface area contributed by atoms with Crippen molar-refractivity contribution in [1.82, 2.24) is 15.0 Å². The molecule has 0 bridgehead atoms. The van der Waals surface area contributed by atoms with Gasteiger partial charge in [-0.1, -0.05) is 13.0 Å². The van der Waals surface area contributed by atoms with Crippen LogP contribution in [0.5, 0.6) is 11.6 Å². The van der Waals surface area contributed by atoms with Crippen LogP contribution in [0.4, 0.5) is 10.3 Å². The van der Waals surface area contributed by atoms with Gasteiger partial charge in [0.2, 0.25) is 21.9 Å². The lowest BCUT2D eigenvalue weighted by molar-refractivity contribution is 0.426. The van der Waals surface area contributed by atoms with Crippen molar-refractivity contribution in [1.29, 1.82) is 0 Å². The lowest BCUT2D eigenvalue weighted by atomic mass is 10.2. The molecule has 0 saturated heterocycles. The van der Waals surface area contributed by atoms with Crippen LogP contribution in [0.1, 0.15) is 23.6 Å². The van der Waals surface area contributed by atoms with Gasteiger partial charge in [0.25, 0.3) is 0 Å². The van der Waals surface area contributed by atoms with E-state index in [4.69, 9.17) is 9.88 Å². The van der Waals surface area contributed by atoms with E-state index in [0.29, 0.717) is 12.5 Å². The molecule has 0 aliphatic heterocycles. The molecule has 2 heterocycles. The zero-order valence-corrected chi connectivity index (χ0v) is 16.5. The topological polar surface area (TPSA) is 120 Å². The van der Waals surface area contributed by atoms with Gasteiger partial charge in [-0.05, 0) is 41.3 Å². The minimum atomic E-state index is -3.74. The SMILES string of the molecule is CCc1cnc(NCc2ccnc(Oc3ccc(CS(N)(=O)=O)cc3F)c2)nc1. The van der Waals surface area contributed by atoms with Gasteiger partial charge in [-0.15, -0.1) is 0 Å². The molecule has 0 aliphatic rings. The molecule has 1 aromatic carbocycles. The second-order valence-electron chi connectivity index (χ2n) is 6.30. The minimum Gasteiger partial charge on any atom is -0.436 e. The van der Waals surface area contributed by atoms with Crippen molar-refractivity contribution in [3.05, 3.63) is 71.4 Å². The summed E-state index contributed by atoms with van der Waals surface area (Å²) >= 11 is 0. The smallest absolute Gasteiger partial charge is 0.222 e. The zero-order valence-electron chi connectivity index (χ0n) is 15.7. The molecule has 0 unspecified atom stereocenters. The highest BCUT2D eigenvalue weighted by Gasteiger charge is 2.11. The highest BCUT2D eigenvalue weighted by atomic mass is 32.2. The first-order valence-corrected chi connectivity index (χ1v) is 10.5. The molecule has 0 spiro atoms. The number of primary sulfonamides is 1. The number of sulfonamides is 1. The molecule has 3 rings (SSSR count). The van der Waals surface area contributed by atoms with Gasteiger partial charge in [-0.3, -0.25) is 0 Å². The number of benzene rings is 1. The number of rotatable bonds is 8. The van der Waals surface area contributed by atoms with E-state index >= 15 is 0 Å². The van der Waals surface area contributed by atoms with Crippen LogP contribution < -0.4 is 15.2 Å². The molecular formula is C19H20FN5O3S. The van der Waals surface area contributed by atoms with Crippen molar-refractivity contribution < 1.29 is 17.5 Å². The van der Waals surface area contributed by atoms with Crippen molar-refractivity contribution in [3.8, 4) is 11.6 Å². The van der Waals surface area contributed by atoms with Gasteiger partial charge in [-0.2, -0.15) is 0 Å². The van der Waals surface area contributed by atoms with E-state index in [1.54, 1.807) is 30.7 Å². The Balaban J connectivity index is 1.66. The third-order valence-electron chi connectivity index (χ3n) is 3.94. The van der Waals surface area contributed by atoms with Gasteiger partial charge in [0, 0.05) is 31.2 Å². The van der Waals surface area contributed by atoms with Gasteiger partial charge in [0.15, 0.2) is 11.6 Å². The quantitative estimate of drug-likeness (QED) is 0.578. The van der Waals surface area contributed by atoms with Gasteiger partial charge in [0.1, 0.15) is 0 Å². The number of anilines is 1. The first kappa shape index (κ1) is 20.6. The number of aromatic nitrogens is 3. The zero-order chi connectivity index (χ0) is 20.9. The number of ether oxygens (including phenoxy) is 1. The van der Waals surface area contributed by atoms with Crippen LogP contribution in [-0.4, -0.2) is 23.4 Å². The van der Waals surface area contributed by atoms with E-state index in [9.17, 15) is 12.8 Å². The maximum absolute atomic E-state index is 14.2. The third-order valence-corrected chi connectivity index (χ3v) is 4.68. The Labute approximate surface area is 168 Å². The van der Waals surface area contributed by atoms with Gasteiger partial charge < -0.3 is 10.1 Å². The predicted octanol–water partition coefficient (Wildman–Crippen LogP) is 2.77. The van der Waals surface area contributed by atoms with E-state index in [1.165, 1.54) is 12.1 Å². The Morgan fingerprint density at radius 2 is 1.83 bits per heavy atom. The molecule has 29 heavy (non-hydrogen) atoms. The monoisotopic (exact) mass is 417 g/mol. The van der Waals surface area contributed by atoms with Gasteiger partial charge >= 0.3 is 0 Å². The highest BCUT2D eigenvalue weighted by molar-refractivity contribution is 7.88. The van der Waals surface area contributed by atoms with Crippen LogP contribution in [0.15, 0.2) is 48.9 Å². The molecule has 0 amide bonds. The molecule has 8 nitrogen and oxygen atoms in total. The van der Waals surface area contributed by atoms with Crippen LogP contribution in [0.3, 0.4) is 0 Å². The van der Waals surface area contributed by atoms with E-state index in [-0.39, 0.29) is 17.2 Å². The molecule has 0 saturated carbocycles. The van der Waals surface area contributed by atoms with Gasteiger partial charge in [0.05, 0.1) is 5.75 Å². The molecule has 0 fully saturated rings. The van der Waals surface area contributed by atoms with Crippen LogP contribution in [0.2, 0.25) is 0 Å². The molecule has 2 aromatic heterocycles. The van der Waals surface area contributed by atoms with Crippen LogP contribution >= 0.6 is 0 Å². The van der Waals surface area contributed by atoms with E-state index in [2.05, 4.69) is 20.3 Å². The fourth-order valence-corrected chi connectivity index (χ4v) is 3.13. The van der Waals surface area contributed by atoms with E-state index < -0.39 is 21.6 Å². The maximum Gasteiger partial charge on any atom is 0.222 e. The minimum absolute atomic E-state index is 0.0701. The average molecular weight is 417 g/mol. The normalized spacial score (nSPS) is 11.3. The summed E-state index contributed by atoms with van der Waals surface area (Å²) in [5.41, 5.74) is 2.12. The fourth-order valence-electron chi connectivity index (χ4n) is 2.49. The Bertz CT molecular complexity index is 1090. The molecular weight excluding hydrogens is 397 g/mol. The number of nitrogens with zero attached hydrogens (tertiary/aromatic N) is 3. The van der Waals surface area contributed by atoms with Crippen LogP contribution in [0, 0.1) is 5.82 Å². The summed E-state index contributed by atoms with van der Waals surface area (Å²) in [5.74, 6) is -0.534. The first-order chi connectivity index (χ1) is 13.8. The molecule has 152 valence electrons. The highest BCUT2D eigenvalue weighted by Crippen LogP contribution is 2.25. The second-order valence-corrected chi connectivity index (χ2v) is 7.91. The number of nitrogens with two attached hydrogens (primary N) is 1. The molecule has 0 radical (unpaired) electrons. The molecule has 3 N–H and O–H groups in total.